The van der Waals surface area contributed by atoms with Crippen LogP contribution in [0.5, 0.6) is 5.75 Å². The maximum absolute atomic E-state index is 13.2. The van der Waals surface area contributed by atoms with E-state index in [2.05, 4.69) is 10.6 Å². The second-order valence-corrected chi connectivity index (χ2v) is 10.4. The molecule has 2 saturated heterocycles. The molecular weight excluding hydrogens is 521 g/mol. The third-order valence-electron chi connectivity index (χ3n) is 7.42. The van der Waals surface area contributed by atoms with Crippen molar-refractivity contribution in [1.82, 2.24) is 15.5 Å². The fourth-order valence-electron chi connectivity index (χ4n) is 5.21. The molecule has 1 unspecified atom stereocenters. The molecule has 0 aliphatic carbocycles. The number of amides is 2. The van der Waals surface area contributed by atoms with Crippen molar-refractivity contribution in [3.05, 3.63) is 29.8 Å². The van der Waals surface area contributed by atoms with Gasteiger partial charge in [-0.2, -0.15) is 0 Å². The topological polar surface area (TPSA) is 126 Å². The highest BCUT2D eigenvalue weighted by Crippen LogP contribution is 2.25. The highest BCUT2D eigenvalue weighted by atomic mass is 19.1. The SMILES string of the molecule is O=C(O)C[C@H](NC(=O)C1CCCN(C(=O)CCC2CCNCC2)C1)c1cccc(OCCOCCOCCF)c1. The van der Waals surface area contributed by atoms with Gasteiger partial charge in [-0.3, -0.25) is 14.4 Å². The number of nitrogens with one attached hydrogen (secondary N) is 2. The number of hydrogen-bond donors (Lipinski definition) is 3. The summed E-state index contributed by atoms with van der Waals surface area (Å²) in [5.74, 6) is -0.443. The number of piperidine rings is 2. The maximum atomic E-state index is 13.2. The number of rotatable bonds is 17. The summed E-state index contributed by atoms with van der Waals surface area (Å²) >= 11 is 0. The van der Waals surface area contributed by atoms with Gasteiger partial charge in [0.05, 0.1) is 44.8 Å². The number of ether oxygens (including phenoxy) is 3. The van der Waals surface area contributed by atoms with Gasteiger partial charge in [-0.15, -0.1) is 0 Å². The predicted octanol–water partition coefficient (Wildman–Crippen LogP) is 2.72. The number of carbonyl (C=O) groups excluding carboxylic acids is 2. The summed E-state index contributed by atoms with van der Waals surface area (Å²) in [6.45, 7) is 3.77. The van der Waals surface area contributed by atoms with Gasteiger partial charge < -0.3 is 34.9 Å². The average molecular weight is 566 g/mol. The molecule has 2 atom stereocenters. The van der Waals surface area contributed by atoms with Crippen molar-refractivity contribution in [2.75, 3.05) is 65.9 Å². The molecule has 0 spiro atoms. The van der Waals surface area contributed by atoms with Crippen LogP contribution < -0.4 is 15.4 Å². The Balaban J connectivity index is 1.49. The highest BCUT2D eigenvalue weighted by Gasteiger charge is 2.30. The maximum Gasteiger partial charge on any atom is 0.305 e. The third-order valence-corrected chi connectivity index (χ3v) is 7.42. The van der Waals surface area contributed by atoms with Crippen molar-refractivity contribution in [3.8, 4) is 5.75 Å². The second-order valence-electron chi connectivity index (χ2n) is 10.4. The first-order chi connectivity index (χ1) is 19.5. The van der Waals surface area contributed by atoms with E-state index in [0.717, 1.165) is 38.8 Å². The largest absolute Gasteiger partial charge is 0.491 e. The van der Waals surface area contributed by atoms with Crippen molar-refractivity contribution in [2.45, 2.75) is 51.0 Å². The van der Waals surface area contributed by atoms with Gasteiger partial charge in [0.2, 0.25) is 11.8 Å². The van der Waals surface area contributed by atoms with E-state index in [4.69, 9.17) is 14.2 Å². The van der Waals surface area contributed by atoms with Gasteiger partial charge in [-0.05, 0) is 68.8 Å². The van der Waals surface area contributed by atoms with Crippen LogP contribution in [0.1, 0.15) is 56.6 Å². The minimum Gasteiger partial charge on any atom is -0.491 e. The Morgan fingerprint density at radius 1 is 1.07 bits per heavy atom. The van der Waals surface area contributed by atoms with Gasteiger partial charge in [0.25, 0.3) is 0 Å². The predicted molar refractivity (Wildman–Crippen MR) is 147 cm³/mol. The first-order valence-corrected chi connectivity index (χ1v) is 14.4. The van der Waals surface area contributed by atoms with Crippen LogP contribution in [-0.2, 0) is 23.9 Å². The molecule has 2 fully saturated rings. The Kier molecular flexibility index (Phi) is 14.2. The van der Waals surface area contributed by atoms with E-state index in [-0.39, 0.29) is 37.4 Å². The third kappa shape index (κ3) is 11.4. The fraction of sp³-hybridized carbons (Fsp3) is 0.690. The van der Waals surface area contributed by atoms with Gasteiger partial charge in [-0.25, -0.2) is 4.39 Å². The van der Waals surface area contributed by atoms with Crippen molar-refractivity contribution < 1.29 is 38.1 Å². The minimum atomic E-state index is -1.03. The molecule has 3 rings (SSSR count). The number of likely N-dealkylation sites (tertiary alicyclic amines) is 1. The lowest BCUT2D eigenvalue weighted by molar-refractivity contribution is -0.138. The fourth-order valence-corrected chi connectivity index (χ4v) is 5.21. The molecule has 0 aromatic heterocycles. The molecule has 0 saturated carbocycles. The molecule has 2 amide bonds. The van der Waals surface area contributed by atoms with Gasteiger partial charge >= 0.3 is 5.97 Å². The number of benzene rings is 1. The molecule has 0 radical (unpaired) electrons. The number of hydrogen-bond acceptors (Lipinski definition) is 7. The normalized spacial score (nSPS) is 18.7. The van der Waals surface area contributed by atoms with Crippen LogP contribution in [0.15, 0.2) is 24.3 Å². The highest BCUT2D eigenvalue weighted by molar-refractivity contribution is 5.82. The summed E-state index contributed by atoms with van der Waals surface area (Å²) in [4.78, 5) is 39.5. The van der Waals surface area contributed by atoms with Crippen LogP contribution in [0.4, 0.5) is 4.39 Å². The van der Waals surface area contributed by atoms with Crippen LogP contribution in [-0.4, -0.2) is 93.7 Å². The first kappa shape index (κ1) is 31.8. The van der Waals surface area contributed by atoms with E-state index in [9.17, 15) is 23.9 Å². The van der Waals surface area contributed by atoms with E-state index in [1.54, 1.807) is 29.2 Å². The summed E-state index contributed by atoms with van der Waals surface area (Å²) in [6.07, 6.45) is 4.71. The Hall–Kier alpha value is -2.76. The Morgan fingerprint density at radius 2 is 1.82 bits per heavy atom. The summed E-state index contributed by atoms with van der Waals surface area (Å²) in [5.41, 5.74) is 0.625. The number of carbonyl (C=O) groups is 3. The van der Waals surface area contributed by atoms with Crippen molar-refractivity contribution in [2.24, 2.45) is 11.8 Å². The van der Waals surface area contributed by atoms with Crippen LogP contribution in [0.3, 0.4) is 0 Å². The number of nitrogens with zero attached hydrogens (tertiary/aromatic N) is 1. The zero-order valence-corrected chi connectivity index (χ0v) is 23.3. The van der Waals surface area contributed by atoms with Crippen molar-refractivity contribution >= 4 is 17.8 Å². The van der Waals surface area contributed by atoms with Crippen molar-refractivity contribution in [3.63, 3.8) is 0 Å². The van der Waals surface area contributed by atoms with Gasteiger partial charge in [0.1, 0.15) is 19.0 Å². The first-order valence-electron chi connectivity index (χ1n) is 14.4. The average Bonchev–Trinajstić information content (AvgIpc) is 2.97. The lowest BCUT2D eigenvalue weighted by Gasteiger charge is -2.33. The minimum absolute atomic E-state index is 0.0520. The number of halogens is 1. The van der Waals surface area contributed by atoms with E-state index in [1.165, 1.54) is 0 Å². The van der Waals surface area contributed by atoms with E-state index in [0.29, 0.717) is 63.0 Å². The Bertz CT molecular complexity index is 929. The molecule has 1 aromatic rings. The molecule has 2 aliphatic heterocycles. The van der Waals surface area contributed by atoms with Crippen molar-refractivity contribution in [1.29, 1.82) is 0 Å². The summed E-state index contributed by atoms with van der Waals surface area (Å²) in [7, 11) is 0. The molecule has 40 heavy (non-hydrogen) atoms. The van der Waals surface area contributed by atoms with Crippen LogP contribution in [0, 0.1) is 11.8 Å². The van der Waals surface area contributed by atoms with Gasteiger partial charge in [0, 0.05) is 19.5 Å². The number of carboxylic acids is 1. The Morgan fingerprint density at radius 3 is 2.58 bits per heavy atom. The number of aliphatic carboxylic acids is 1. The smallest absolute Gasteiger partial charge is 0.305 e. The molecule has 0 bridgehead atoms. The lowest BCUT2D eigenvalue weighted by Crippen LogP contribution is -2.46. The molecular formula is C29H44FN3O7. The molecule has 11 heteroatoms. The van der Waals surface area contributed by atoms with Crippen LogP contribution in [0.2, 0.25) is 0 Å². The summed E-state index contributed by atoms with van der Waals surface area (Å²) < 4.78 is 28.1. The zero-order valence-electron chi connectivity index (χ0n) is 23.3. The lowest BCUT2D eigenvalue weighted by atomic mass is 9.92. The Labute approximate surface area is 235 Å². The standard InChI is InChI=1S/C29H44FN3O7/c30-10-14-38-15-16-39-17-18-40-25-5-1-3-23(19-25)26(20-28(35)36)32-29(37)24-4-2-13-33(21-24)27(34)7-6-22-8-11-31-12-9-22/h1,3,5,19,22,24,26,31H,2,4,6-18,20-21H2,(H,32,37)(H,35,36)/t24?,26-/m0/s1. The van der Waals surface area contributed by atoms with Gasteiger partial charge in [-0.1, -0.05) is 12.1 Å². The number of alkyl halides is 1. The van der Waals surface area contributed by atoms with Gasteiger partial charge in [0.15, 0.2) is 0 Å². The van der Waals surface area contributed by atoms with E-state index in [1.807, 2.05) is 0 Å². The number of carboxylic acid groups (broad SMARTS) is 1. The molecule has 1 aromatic carbocycles. The van der Waals surface area contributed by atoms with Crippen LogP contribution >= 0.6 is 0 Å². The van der Waals surface area contributed by atoms with E-state index < -0.39 is 18.7 Å². The summed E-state index contributed by atoms with van der Waals surface area (Å²) in [6, 6.07) is 6.25. The molecule has 224 valence electrons. The summed E-state index contributed by atoms with van der Waals surface area (Å²) in [5, 5.41) is 15.8. The molecule has 3 N–H and O–H groups in total. The van der Waals surface area contributed by atoms with E-state index >= 15 is 0 Å². The quantitative estimate of drug-likeness (QED) is 0.246. The molecule has 2 aliphatic rings. The molecule has 10 nitrogen and oxygen atoms in total. The second kappa shape index (κ2) is 17.8. The molecule has 2 heterocycles. The monoisotopic (exact) mass is 565 g/mol. The zero-order chi connectivity index (χ0) is 28.6. The van der Waals surface area contributed by atoms with Crippen LogP contribution in [0.25, 0.3) is 0 Å².